The van der Waals surface area contributed by atoms with Gasteiger partial charge in [-0.15, -0.1) is 11.6 Å². The molecular formula is C17H23ClN2O. The van der Waals surface area contributed by atoms with E-state index in [2.05, 4.69) is 36.6 Å². The molecule has 4 heteroatoms. The van der Waals surface area contributed by atoms with Crippen molar-refractivity contribution in [3.63, 3.8) is 0 Å². The van der Waals surface area contributed by atoms with Crippen LogP contribution in [0.5, 0.6) is 0 Å². The molecular weight excluding hydrogens is 284 g/mol. The third kappa shape index (κ3) is 2.82. The number of rotatable bonds is 4. The number of aromatic nitrogens is 2. The van der Waals surface area contributed by atoms with Crippen molar-refractivity contribution in [1.82, 2.24) is 9.55 Å². The van der Waals surface area contributed by atoms with Gasteiger partial charge in [0.25, 0.3) is 0 Å². The topological polar surface area (TPSA) is 27.1 Å². The van der Waals surface area contributed by atoms with Crippen molar-refractivity contribution in [2.45, 2.75) is 51.6 Å². The van der Waals surface area contributed by atoms with E-state index in [4.69, 9.17) is 21.3 Å². The lowest BCUT2D eigenvalue weighted by Gasteiger charge is -2.19. The first-order valence-electron chi connectivity index (χ1n) is 7.82. The van der Waals surface area contributed by atoms with E-state index in [1.165, 1.54) is 11.1 Å². The van der Waals surface area contributed by atoms with Crippen LogP contribution < -0.4 is 0 Å². The maximum Gasteiger partial charge on any atom is 0.127 e. The van der Waals surface area contributed by atoms with Crippen LogP contribution in [0, 0.1) is 12.8 Å². The molecule has 3 nitrogen and oxygen atoms in total. The Hall–Kier alpha value is -1.06. The van der Waals surface area contributed by atoms with Gasteiger partial charge in [-0.25, -0.2) is 4.98 Å². The molecule has 3 atom stereocenters. The third-order valence-electron chi connectivity index (χ3n) is 4.45. The van der Waals surface area contributed by atoms with E-state index in [1.54, 1.807) is 0 Å². The summed E-state index contributed by atoms with van der Waals surface area (Å²) in [4.78, 5) is 4.76. The molecule has 0 bridgehead atoms. The number of halogens is 1. The molecule has 21 heavy (non-hydrogen) atoms. The van der Waals surface area contributed by atoms with Crippen LogP contribution in [0.1, 0.15) is 43.5 Å². The van der Waals surface area contributed by atoms with Crippen LogP contribution in [0.15, 0.2) is 18.2 Å². The Bertz CT molecular complexity index is 635. The molecule has 0 spiro atoms. The number of ether oxygens (including phenoxy) is 1. The summed E-state index contributed by atoms with van der Waals surface area (Å²) in [6, 6.07) is 6.44. The van der Waals surface area contributed by atoms with Crippen molar-refractivity contribution in [1.29, 1.82) is 0 Å². The largest absolute Gasteiger partial charge is 0.378 e. The van der Waals surface area contributed by atoms with Gasteiger partial charge in [0.05, 0.1) is 22.5 Å². The minimum Gasteiger partial charge on any atom is -0.378 e. The fourth-order valence-corrected chi connectivity index (χ4v) is 3.51. The molecule has 1 aromatic carbocycles. The van der Waals surface area contributed by atoms with Crippen LogP contribution in [0.3, 0.4) is 0 Å². The third-order valence-corrected chi connectivity index (χ3v) is 4.65. The van der Waals surface area contributed by atoms with Crippen molar-refractivity contribution in [3.8, 4) is 0 Å². The fraction of sp³-hybridized carbons (Fsp3) is 0.588. The van der Waals surface area contributed by atoms with E-state index in [0.717, 1.165) is 37.3 Å². The van der Waals surface area contributed by atoms with Gasteiger partial charge < -0.3 is 9.30 Å². The van der Waals surface area contributed by atoms with Gasteiger partial charge in [0.1, 0.15) is 5.82 Å². The second kappa shape index (κ2) is 5.98. The van der Waals surface area contributed by atoms with Crippen LogP contribution in [-0.2, 0) is 11.3 Å². The summed E-state index contributed by atoms with van der Waals surface area (Å²) in [7, 11) is 0. The molecule has 3 rings (SSSR count). The standard InChI is InChI=1S/C17H23ClN2O/c1-4-16-13(7-8-21-16)10-20-15-6-5-11(2)9-14(15)19-17(20)12(3)18/h5-6,9,12-13,16H,4,7-8,10H2,1-3H3. The molecule has 1 fully saturated rings. The Kier molecular flexibility index (Phi) is 4.23. The lowest BCUT2D eigenvalue weighted by Crippen LogP contribution is -2.21. The summed E-state index contributed by atoms with van der Waals surface area (Å²) < 4.78 is 8.13. The fourth-order valence-electron chi connectivity index (χ4n) is 3.34. The maximum absolute atomic E-state index is 6.36. The quantitative estimate of drug-likeness (QED) is 0.780. The van der Waals surface area contributed by atoms with E-state index in [0.29, 0.717) is 12.0 Å². The van der Waals surface area contributed by atoms with Gasteiger partial charge in [-0.1, -0.05) is 13.0 Å². The Morgan fingerprint density at radius 1 is 1.48 bits per heavy atom. The van der Waals surface area contributed by atoms with Crippen LogP contribution >= 0.6 is 11.6 Å². The Morgan fingerprint density at radius 3 is 3.00 bits per heavy atom. The van der Waals surface area contributed by atoms with Gasteiger partial charge in [0.15, 0.2) is 0 Å². The Labute approximate surface area is 131 Å². The summed E-state index contributed by atoms with van der Waals surface area (Å²) in [6.07, 6.45) is 2.56. The van der Waals surface area contributed by atoms with E-state index in [-0.39, 0.29) is 5.38 Å². The molecule has 0 aliphatic carbocycles. The van der Waals surface area contributed by atoms with E-state index in [1.807, 2.05) is 6.92 Å². The van der Waals surface area contributed by atoms with Gasteiger partial charge in [0.2, 0.25) is 0 Å². The normalized spacial score (nSPS) is 23.8. The van der Waals surface area contributed by atoms with Crippen LogP contribution in [0.2, 0.25) is 0 Å². The lowest BCUT2D eigenvalue weighted by molar-refractivity contribution is 0.0835. The summed E-state index contributed by atoms with van der Waals surface area (Å²) in [5, 5.41) is -0.0832. The highest BCUT2D eigenvalue weighted by molar-refractivity contribution is 6.20. The van der Waals surface area contributed by atoms with Gasteiger partial charge in [0, 0.05) is 19.1 Å². The van der Waals surface area contributed by atoms with Crippen molar-refractivity contribution in [2.75, 3.05) is 6.61 Å². The molecule has 1 saturated heterocycles. The number of hydrogen-bond donors (Lipinski definition) is 0. The molecule has 0 amide bonds. The van der Waals surface area contributed by atoms with Gasteiger partial charge in [-0.2, -0.15) is 0 Å². The number of nitrogens with zero attached hydrogens (tertiary/aromatic N) is 2. The average molecular weight is 307 g/mol. The number of alkyl halides is 1. The number of hydrogen-bond acceptors (Lipinski definition) is 2. The molecule has 0 radical (unpaired) electrons. The highest BCUT2D eigenvalue weighted by atomic mass is 35.5. The predicted octanol–water partition coefficient (Wildman–Crippen LogP) is 4.46. The molecule has 2 aromatic rings. The summed E-state index contributed by atoms with van der Waals surface area (Å²) >= 11 is 6.36. The number of imidazole rings is 1. The second-order valence-electron chi connectivity index (χ2n) is 6.06. The second-order valence-corrected chi connectivity index (χ2v) is 6.71. The molecule has 1 aromatic heterocycles. The minimum absolute atomic E-state index is 0.0832. The van der Waals surface area contributed by atoms with Crippen molar-refractivity contribution in [2.24, 2.45) is 5.92 Å². The molecule has 3 unspecified atom stereocenters. The van der Waals surface area contributed by atoms with Crippen molar-refractivity contribution >= 4 is 22.6 Å². The zero-order valence-corrected chi connectivity index (χ0v) is 13.7. The Morgan fingerprint density at radius 2 is 2.29 bits per heavy atom. The number of benzene rings is 1. The molecule has 2 heterocycles. The predicted molar refractivity (Wildman–Crippen MR) is 86.9 cm³/mol. The monoisotopic (exact) mass is 306 g/mol. The molecule has 1 aliphatic rings. The lowest BCUT2D eigenvalue weighted by atomic mass is 9.99. The van der Waals surface area contributed by atoms with Crippen molar-refractivity contribution < 1.29 is 4.74 Å². The summed E-state index contributed by atoms with van der Waals surface area (Å²) in [5.41, 5.74) is 3.46. The highest BCUT2D eigenvalue weighted by Crippen LogP contribution is 2.30. The van der Waals surface area contributed by atoms with Crippen molar-refractivity contribution in [3.05, 3.63) is 29.6 Å². The number of fused-ring (bicyclic) bond motifs is 1. The first-order chi connectivity index (χ1) is 10.1. The smallest absolute Gasteiger partial charge is 0.127 e. The molecule has 114 valence electrons. The SMILES string of the molecule is CCC1OCCC1Cn1c(C(C)Cl)nc2cc(C)ccc21. The molecule has 0 N–H and O–H groups in total. The maximum atomic E-state index is 6.36. The van der Waals surface area contributed by atoms with Gasteiger partial charge >= 0.3 is 0 Å². The highest BCUT2D eigenvalue weighted by Gasteiger charge is 2.28. The van der Waals surface area contributed by atoms with Crippen LogP contribution in [0.4, 0.5) is 0 Å². The number of aryl methyl sites for hydroxylation is 1. The first-order valence-corrected chi connectivity index (χ1v) is 8.26. The zero-order chi connectivity index (χ0) is 15.0. The van der Waals surface area contributed by atoms with Crippen LogP contribution in [0.25, 0.3) is 11.0 Å². The summed E-state index contributed by atoms with van der Waals surface area (Å²) in [5.74, 6) is 1.53. The van der Waals surface area contributed by atoms with Gasteiger partial charge in [-0.05, 0) is 44.4 Å². The van der Waals surface area contributed by atoms with E-state index >= 15 is 0 Å². The van der Waals surface area contributed by atoms with E-state index < -0.39 is 0 Å². The Balaban J connectivity index is 2.01. The van der Waals surface area contributed by atoms with E-state index in [9.17, 15) is 0 Å². The molecule has 0 saturated carbocycles. The minimum atomic E-state index is -0.0832. The zero-order valence-electron chi connectivity index (χ0n) is 13.0. The summed E-state index contributed by atoms with van der Waals surface area (Å²) in [6.45, 7) is 8.11. The molecule has 1 aliphatic heterocycles. The average Bonchev–Trinajstić information content (AvgIpc) is 3.03. The first kappa shape index (κ1) is 14.9. The van der Waals surface area contributed by atoms with Crippen LogP contribution in [-0.4, -0.2) is 22.3 Å². The van der Waals surface area contributed by atoms with Gasteiger partial charge in [-0.3, -0.25) is 0 Å².